The molecule has 1 amide bonds. The van der Waals surface area contributed by atoms with Gasteiger partial charge in [0.05, 0.1) is 12.2 Å². The topological polar surface area (TPSA) is 75.3 Å². The van der Waals surface area contributed by atoms with Crippen molar-refractivity contribution in [3.8, 4) is 11.1 Å². The Kier molecular flexibility index (Phi) is 7.60. The zero-order valence-electron chi connectivity index (χ0n) is 17.8. The third kappa shape index (κ3) is 7.05. The van der Waals surface area contributed by atoms with E-state index in [1.165, 1.54) is 0 Å². The molecule has 0 spiro atoms. The van der Waals surface area contributed by atoms with E-state index >= 15 is 0 Å². The molecule has 0 aliphatic heterocycles. The summed E-state index contributed by atoms with van der Waals surface area (Å²) >= 11 is 0. The van der Waals surface area contributed by atoms with Crippen molar-refractivity contribution in [1.29, 1.82) is 0 Å². The van der Waals surface area contributed by atoms with Crippen LogP contribution in [0.4, 0.5) is 0 Å². The monoisotopic (exact) mass is 436 g/mol. The number of hydrogen-bond donors (Lipinski definition) is 2. The zero-order valence-corrected chi connectivity index (χ0v) is 18.7. The molecule has 0 heterocycles. The highest BCUT2D eigenvalue weighted by Gasteiger charge is 2.15. The predicted molar refractivity (Wildman–Crippen MR) is 125 cm³/mol. The lowest BCUT2D eigenvalue weighted by Crippen LogP contribution is -2.32. The van der Waals surface area contributed by atoms with Crippen LogP contribution in [0.15, 0.2) is 78.9 Å². The Labute approximate surface area is 184 Å². The smallest absolute Gasteiger partial charge is 0.224 e. The summed E-state index contributed by atoms with van der Waals surface area (Å²) in [6.07, 6.45) is 0.268. The lowest BCUT2D eigenvalue weighted by molar-refractivity contribution is -0.120. The van der Waals surface area contributed by atoms with Gasteiger partial charge in [-0.1, -0.05) is 78.9 Å². The highest BCUT2D eigenvalue weighted by molar-refractivity contribution is 7.88. The summed E-state index contributed by atoms with van der Waals surface area (Å²) < 4.78 is 27.1. The van der Waals surface area contributed by atoms with Crippen LogP contribution < -0.4 is 10.0 Å². The Morgan fingerprint density at radius 3 is 2.03 bits per heavy atom. The van der Waals surface area contributed by atoms with E-state index in [2.05, 4.69) is 22.2 Å². The Morgan fingerprint density at radius 2 is 1.39 bits per heavy atom. The average molecular weight is 437 g/mol. The molecule has 162 valence electrons. The molecule has 2 N–H and O–H groups in total. The summed E-state index contributed by atoms with van der Waals surface area (Å²) in [4.78, 5) is 12.4. The van der Waals surface area contributed by atoms with Gasteiger partial charge in [0, 0.05) is 12.6 Å². The second-order valence-corrected chi connectivity index (χ2v) is 9.57. The zero-order chi connectivity index (χ0) is 22.3. The SMILES string of the molecule is CC(C)NS(=O)(=O)Cc1ccccc1CNC(=O)Cc1ccc(-c2ccccc2)cc1. The molecule has 0 saturated carbocycles. The summed E-state index contributed by atoms with van der Waals surface area (Å²) in [5, 5.41) is 2.91. The van der Waals surface area contributed by atoms with E-state index in [0.29, 0.717) is 5.56 Å². The number of amides is 1. The molecule has 0 aliphatic rings. The van der Waals surface area contributed by atoms with Crippen molar-refractivity contribution < 1.29 is 13.2 Å². The minimum Gasteiger partial charge on any atom is -0.352 e. The third-order valence-corrected chi connectivity index (χ3v) is 6.30. The molecule has 0 radical (unpaired) electrons. The molecule has 0 saturated heterocycles. The maximum absolute atomic E-state index is 12.4. The largest absolute Gasteiger partial charge is 0.352 e. The van der Waals surface area contributed by atoms with E-state index in [4.69, 9.17) is 0 Å². The van der Waals surface area contributed by atoms with E-state index < -0.39 is 10.0 Å². The van der Waals surface area contributed by atoms with Crippen molar-refractivity contribution >= 4 is 15.9 Å². The molecule has 0 unspecified atom stereocenters. The van der Waals surface area contributed by atoms with Gasteiger partial charge in [0.2, 0.25) is 15.9 Å². The first kappa shape index (κ1) is 22.7. The van der Waals surface area contributed by atoms with Gasteiger partial charge in [-0.15, -0.1) is 0 Å². The number of hydrogen-bond acceptors (Lipinski definition) is 3. The van der Waals surface area contributed by atoms with E-state index in [1.54, 1.807) is 26.0 Å². The van der Waals surface area contributed by atoms with Gasteiger partial charge in [-0.05, 0) is 41.7 Å². The third-order valence-electron chi connectivity index (χ3n) is 4.78. The van der Waals surface area contributed by atoms with Crippen molar-refractivity contribution in [2.24, 2.45) is 0 Å². The fourth-order valence-corrected chi connectivity index (χ4v) is 4.86. The van der Waals surface area contributed by atoms with E-state index in [9.17, 15) is 13.2 Å². The lowest BCUT2D eigenvalue weighted by Gasteiger charge is -2.13. The first-order valence-corrected chi connectivity index (χ1v) is 12.0. The van der Waals surface area contributed by atoms with Crippen LogP contribution in [0.25, 0.3) is 11.1 Å². The summed E-state index contributed by atoms with van der Waals surface area (Å²) in [5.41, 5.74) is 4.65. The minimum atomic E-state index is -3.43. The van der Waals surface area contributed by atoms with E-state index in [0.717, 1.165) is 22.3 Å². The minimum absolute atomic E-state index is 0.106. The number of carbonyl (C=O) groups is 1. The Balaban J connectivity index is 1.59. The summed E-state index contributed by atoms with van der Waals surface area (Å²) in [7, 11) is -3.43. The fourth-order valence-electron chi connectivity index (χ4n) is 3.36. The number of nitrogens with one attached hydrogen (secondary N) is 2. The van der Waals surface area contributed by atoms with Gasteiger partial charge in [0.15, 0.2) is 0 Å². The summed E-state index contributed by atoms with van der Waals surface area (Å²) in [6, 6.07) is 25.1. The summed E-state index contributed by atoms with van der Waals surface area (Å²) in [6.45, 7) is 3.86. The molecule has 0 atom stereocenters. The highest BCUT2D eigenvalue weighted by Crippen LogP contribution is 2.19. The molecule has 5 nitrogen and oxygen atoms in total. The first-order chi connectivity index (χ1) is 14.8. The van der Waals surface area contributed by atoms with Gasteiger partial charge >= 0.3 is 0 Å². The lowest BCUT2D eigenvalue weighted by atomic mass is 10.0. The molecule has 0 fully saturated rings. The molecule has 3 rings (SSSR count). The van der Waals surface area contributed by atoms with Crippen molar-refractivity contribution in [1.82, 2.24) is 10.0 Å². The Hall–Kier alpha value is -2.96. The predicted octanol–water partition coefficient (Wildman–Crippen LogP) is 4.04. The molecule has 31 heavy (non-hydrogen) atoms. The molecular weight excluding hydrogens is 408 g/mol. The van der Waals surface area contributed by atoms with Crippen molar-refractivity contribution in [3.05, 3.63) is 95.6 Å². The van der Waals surface area contributed by atoms with Crippen LogP contribution in [0.1, 0.15) is 30.5 Å². The number of carbonyl (C=O) groups excluding carboxylic acids is 1. The van der Waals surface area contributed by atoms with E-state index in [-0.39, 0.29) is 30.7 Å². The number of rotatable bonds is 9. The van der Waals surface area contributed by atoms with Crippen LogP contribution in [-0.2, 0) is 33.5 Å². The second kappa shape index (κ2) is 10.4. The highest BCUT2D eigenvalue weighted by atomic mass is 32.2. The van der Waals surface area contributed by atoms with Crippen LogP contribution in [0.3, 0.4) is 0 Å². The quantitative estimate of drug-likeness (QED) is 0.532. The Morgan fingerprint density at radius 1 is 0.806 bits per heavy atom. The Bertz CT molecular complexity index is 1110. The second-order valence-electron chi connectivity index (χ2n) is 7.82. The summed E-state index contributed by atoms with van der Waals surface area (Å²) in [5.74, 6) is -0.219. The number of benzene rings is 3. The van der Waals surface area contributed by atoms with Crippen LogP contribution >= 0.6 is 0 Å². The van der Waals surface area contributed by atoms with Gasteiger partial charge in [-0.25, -0.2) is 13.1 Å². The van der Waals surface area contributed by atoms with Crippen LogP contribution in [0.2, 0.25) is 0 Å². The van der Waals surface area contributed by atoms with Crippen LogP contribution in [0, 0.1) is 0 Å². The fraction of sp³-hybridized carbons (Fsp3) is 0.240. The molecular formula is C25H28N2O3S. The normalized spacial score (nSPS) is 11.5. The van der Waals surface area contributed by atoms with Gasteiger partial charge in [-0.2, -0.15) is 0 Å². The standard InChI is InChI=1S/C25H28N2O3S/c1-19(2)27-31(29,30)18-24-11-7-6-10-23(24)17-26-25(28)16-20-12-14-22(15-13-20)21-8-4-3-5-9-21/h3-15,19,27H,16-18H2,1-2H3,(H,26,28). The van der Waals surface area contributed by atoms with E-state index in [1.807, 2.05) is 54.6 Å². The van der Waals surface area contributed by atoms with Crippen molar-refractivity contribution in [3.63, 3.8) is 0 Å². The van der Waals surface area contributed by atoms with Crippen LogP contribution in [0.5, 0.6) is 0 Å². The van der Waals surface area contributed by atoms with Gasteiger partial charge in [0.1, 0.15) is 0 Å². The molecule has 6 heteroatoms. The van der Waals surface area contributed by atoms with Crippen molar-refractivity contribution in [2.75, 3.05) is 0 Å². The molecule has 0 aliphatic carbocycles. The van der Waals surface area contributed by atoms with Crippen molar-refractivity contribution in [2.45, 2.75) is 38.6 Å². The van der Waals surface area contributed by atoms with Crippen LogP contribution in [-0.4, -0.2) is 20.4 Å². The maximum atomic E-state index is 12.4. The van der Waals surface area contributed by atoms with Gasteiger partial charge in [0.25, 0.3) is 0 Å². The average Bonchev–Trinajstić information content (AvgIpc) is 2.73. The van der Waals surface area contributed by atoms with Gasteiger partial charge < -0.3 is 5.32 Å². The number of sulfonamides is 1. The molecule has 3 aromatic carbocycles. The first-order valence-electron chi connectivity index (χ1n) is 10.3. The molecule has 3 aromatic rings. The molecule has 0 bridgehead atoms. The molecule has 0 aromatic heterocycles. The maximum Gasteiger partial charge on any atom is 0.224 e. The van der Waals surface area contributed by atoms with Gasteiger partial charge in [-0.3, -0.25) is 4.79 Å².